The van der Waals surface area contributed by atoms with Crippen LogP contribution < -0.4 is 10.0 Å². The number of hydrogen-bond acceptors (Lipinski definition) is 3. The maximum Gasteiger partial charge on any atom is 0.216 e. The number of guanidine groups is 1. The Balaban J connectivity index is 0.00000300. The van der Waals surface area contributed by atoms with E-state index >= 15 is 0 Å². The van der Waals surface area contributed by atoms with E-state index < -0.39 is 10.0 Å². The van der Waals surface area contributed by atoms with E-state index in [4.69, 9.17) is 4.99 Å². The van der Waals surface area contributed by atoms with Gasteiger partial charge in [-0.2, -0.15) is 0 Å². The molecule has 2 aliphatic rings. The zero-order valence-corrected chi connectivity index (χ0v) is 20.9. The van der Waals surface area contributed by atoms with Crippen LogP contribution in [0.2, 0.25) is 0 Å². The fourth-order valence-electron chi connectivity index (χ4n) is 4.15. The fourth-order valence-corrected chi connectivity index (χ4v) is 5.59. The largest absolute Gasteiger partial charge is 0.357 e. The van der Waals surface area contributed by atoms with Crippen molar-refractivity contribution in [3.8, 4) is 0 Å². The number of nitrogens with zero attached hydrogens (tertiary/aromatic N) is 2. The zero-order chi connectivity index (χ0) is 20.2. The van der Waals surface area contributed by atoms with Gasteiger partial charge in [-0.3, -0.25) is 0 Å². The third kappa shape index (κ3) is 6.82. The van der Waals surface area contributed by atoms with Gasteiger partial charge in [-0.25, -0.2) is 18.1 Å². The second-order valence-corrected chi connectivity index (χ2v) is 10.3. The molecule has 1 spiro atoms. The van der Waals surface area contributed by atoms with Crippen molar-refractivity contribution in [2.75, 3.05) is 19.6 Å². The van der Waals surface area contributed by atoms with Gasteiger partial charge in [0.05, 0.1) is 12.3 Å². The van der Waals surface area contributed by atoms with Crippen LogP contribution in [0, 0.1) is 5.41 Å². The van der Waals surface area contributed by atoms with Crippen LogP contribution >= 0.6 is 24.0 Å². The first kappa shape index (κ1) is 24.4. The molecule has 0 unspecified atom stereocenters. The van der Waals surface area contributed by atoms with Gasteiger partial charge >= 0.3 is 0 Å². The highest BCUT2D eigenvalue weighted by atomic mass is 127. The Morgan fingerprint density at radius 3 is 2.34 bits per heavy atom. The number of likely N-dealkylation sites (tertiary alicyclic amines) is 1. The third-order valence-electron chi connectivity index (χ3n) is 5.69. The van der Waals surface area contributed by atoms with Crippen LogP contribution in [0.4, 0.5) is 0 Å². The summed E-state index contributed by atoms with van der Waals surface area (Å²) in [4.78, 5) is 7.24. The Hall–Kier alpha value is -0.870. The van der Waals surface area contributed by atoms with Crippen molar-refractivity contribution in [2.45, 2.75) is 64.8 Å². The summed E-state index contributed by atoms with van der Waals surface area (Å²) in [6.45, 7) is 9.43. The highest BCUT2D eigenvalue weighted by Gasteiger charge is 2.43. The first-order valence-electron chi connectivity index (χ1n) is 10.4. The second-order valence-electron chi connectivity index (χ2n) is 8.54. The topological polar surface area (TPSA) is 73.8 Å². The third-order valence-corrected chi connectivity index (χ3v) is 7.24. The van der Waals surface area contributed by atoms with Crippen molar-refractivity contribution in [2.24, 2.45) is 10.4 Å². The van der Waals surface area contributed by atoms with E-state index in [1.54, 1.807) is 0 Å². The quantitative estimate of drug-likeness (QED) is 0.319. The number of aliphatic imine (C=N–C) groups is 1. The van der Waals surface area contributed by atoms with E-state index in [0.29, 0.717) is 12.0 Å². The number of halogens is 1. The van der Waals surface area contributed by atoms with Gasteiger partial charge < -0.3 is 10.2 Å². The van der Waals surface area contributed by atoms with Crippen LogP contribution in [0.15, 0.2) is 29.3 Å². The molecule has 1 aromatic rings. The van der Waals surface area contributed by atoms with Gasteiger partial charge in [-0.05, 0) is 56.6 Å². The predicted molar refractivity (Wildman–Crippen MR) is 130 cm³/mol. The minimum atomic E-state index is -3.29. The number of benzene rings is 1. The zero-order valence-electron chi connectivity index (χ0n) is 17.8. The van der Waals surface area contributed by atoms with Gasteiger partial charge in [0, 0.05) is 25.7 Å². The molecule has 1 heterocycles. The van der Waals surface area contributed by atoms with Crippen LogP contribution in [0.25, 0.3) is 0 Å². The molecule has 2 N–H and O–H groups in total. The lowest BCUT2D eigenvalue weighted by Crippen LogP contribution is -2.42. The van der Waals surface area contributed by atoms with Crippen LogP contribution in [0.3, 0.4) is 0 Å². The predicted octanol–water partition coefficient (Wildman–Crippen LogP) is 3.47. The Morgan fingerprint density at radius 2 is 1.83 bits per heavy atom. The summed E-state index contributed by atoms with van der Waals surface area (Å²) in [5, 5.41) is 3.43. The maximum atomic E-state index is 12.1. The number of rotatable bonds is 7. The summed E-state index contributed by atoms with van der Waals surface area (Å²) in [6.07, 6.45) is 5.37. The lowest BCUT2D eigenvalue weighted by atomic mass is 9.68. The standard InChI is InChI=1S/C21H34N4O2S.HI/c1-4-22-20(25-13-12-21(16-25)10-5-11-21)23-14-18-6-8-19(9-7-18)15-28(26,27)24-17(2)3;/h6-9,17,24H,4-5,10-16H2,1-3H3,(H,22,23);1H. The van der Waals surface area contributed by atoms with Gasteiger partial charge in [0.1, 0.15) is 0 Å². The first-order valence-corrected chi connectivity index (χ1v) is 12.1. The van der Waals surface area contributed by atoms with E-state index in [9.17, 15) is 8.42 Å². The Labute approximate surface area is 193 Å². The molecular formula is C21H35IN4O2S. The van der Waals surface area contributed by atoms with E-state index in [0.717, 1.165) is 36.7 Å². The molecule has 0 amide bonds. The molecule has 0 aromatic heterocycles. The van der Waals surface area contributed by atoms with Gasteiger partial charge in [0.15, 0.2) is 5.96 Å². The van der Waals surface area contributed by atoms with Gasteiger partial charge in [0.2, 0.25) is 10.0 Å². The number of hydrogen-bond donors (Lipinski definition) is 2. The number of sulfonamides is 1. The van der Waals surface area contributed by atoms with Crippen molar-refractivity contribution in [1.29, 1.82) is 0 Å². The monoisotopic (exact) mass is 534 g/mol. The van der Waals surface area contributed by atoms with E-state index in [1.165, 1.54) is 25.7 Å². The summed E-state index contributed by atoms with van der Waals surface area (Å²) < 4.78 is 26.7. The van der Waals surface area contributed by atoms with Crippen molar-refractivity contribution in [3.63, 3.8) is 0 Å². The van der Waals surface area contributed by atoms with E-state index in [2.05, 4.69) is 21.9 Å². The summed E-state index contributed by atoms with van der Waals surface area (Å²) in [5.74, 6) is 1.01. The van der Waals surface area contributed by atoms with Crippen molar-refractivity contribution in [1.82, 2.24) is 14.9 Å². The molecule has 1 aromatic carbocycles. The van der Waals surface area contributed by atoms with Crippen molar-refractivity contribution in [3.05, 3.63) is 35.4 Å². The summed E-state index contributed by atoms with van der Waals surface area (Å²) in [6, 6.07) is 7.63. The Morgan fingerprint density at radius 1 is 1.17 bits per heavy atom. The molecule has 1 aliphatic carbocycles. The molecule has 29 heavy (non-hydrogen) atoms. The summed E-state index contributed by atoms with van der Waals surface area (Å²) >= 11 is 0. The van der Waals surface area contributed by atoms with Crippen LogP contribution in [0.5, 0.6) is 0 Å². The minimum Gasteiger partial charge on any atom is -0.357 e. The number of nitrogens with one attached hydrogen (secondary N) is 2. The Kier molecular flexibility index (Phi) is 8.78. The van der Waals surface area contributed by atoms with Crippen molar-refractivity contribution >= 4 is 40.0 Å². The smallest absolute Gasteiger partial charge is 0.216 e. The molecule has 6 nitrogen and oxygen atoms in total. The lowest BCUT2D eigenvalue weighted by molar-refractivity contribution is 0.151. The van der Waals surface area contributed by atoms with Crippen LogP contribution in [0.1, 0.15) is 57.6 Å². The van der Waals surface area contributed by atoms with Crippen LogP contribution in [-0.4, -0.2) is 45.0 Å². The average molecular weight is 535 g/mol. The molecule has 1 saturated heterocycles. The molecule has 0 atom stereocenters. The molecule has 1 aliphatic heterocycles. The lowest BCUT2D eigenvalue weighted by Gasteiger charge is -2.38. The van der Waals surface area contributed by atoms with Gasteiger partial charge in [-0.15, -0.1) is 24.0 Å². The average Bonchev–Trinajstić information content (AvgIpc) is 3.04. The summed E-state index contributed by atoms with van der Waals surface area (Å²) in [5.41, 5.74) is 2.43. The molecule has 164 valence electrons. The molecule has 0 radical (unpaired) electrons. The highest BCUT2D eigenvalue weighted by Crippen LogP contribution is 2.47. The summed E-state index contributed by atoms with van der Waals surface area (Å²) in [7, 11) is -3.29. The molecule has 3 rings (SSSR count). The van der Waals surface area contributed by atoms with Crippen molar-refractivity contribution < 1.29 is 8.42 Å². The van der Waals surface area contributed by atoms with E-state index in [1.807, 2.05) is 38.1 Å². The normalized spacial score (nSPS) is 18.6. The Bertz CT molecular complexity index is 789. The maximum absolute atomic E-state index is 12.1. The molecule has 2 fully saturated rings. The first-order chi connectivity index (χ1) is 13.3. The van der Waals surface area contributed by atoms with Gasteiger partial charge in [-0.1, -0.05) is 30.7 Å². The molecular weight excluding hydrogens is 499 g/mol. The SMILES string of the molecule is CCNC(=NCc1ccc(CS(=O)(=O)NC(C)C)cc1)N1CCC2(CCC2)C1.I. The van der Waals surface area contributed by atoms with Crippen LogP contribution in [-0.2, 0) is 22.3 Å². The minimum absolute atomic E-state index is 0. The molecule has 0 bridgehead atoms. The molecule has 1 saturated carbocycles. The second kappa shape index (κ2) is 10.4. The molecule has 8 heteroatoms. The van der Waals surface area contributed by atoms with E-state index in [-0.39, 0.29) is 35.8 Å². The highest BCUT2D eigenvalue weighted by molar-refractivity contribution is 14.0. The fraction of sp³-hybridized carbons (Fsp3) is 0.667. The van der Waals surface area contributed by atoms with Gasteiger partial charge in [0.25, 0.3) is 0 Å².